The Morgan fingerprint density at radius 2 is 1.62 bits per heavy atom. The molecule has 0 amide bonds. The maximum absolute atomic E-state index is 13.5. The zero-order valence-electron chi connectivity index (χ0n) is 20.4. The first-order chi connectivity index (χ1) is 17.6. The van der Waals surface area contributed by atoms with Crippen molar-refractivity contribution in [3.8, 4) is 0 Å². The number of aryl methyl sites for hydroxylation is 1. The lowest BCUT2D eigenvalue weighted by Gasteiger charge is -2.14. The van der Waals surface area contributed by atoms with Crippen molar-refractivity contribution in [1.29, 1.82) is 0 Å². The molecule has 0 aliphatic heterocycles. The molecule has 0 aliphatic rings. The lowest BCUT2D eigenvalue weighted by molar-refractivity contribution is -0.696. The molecule has 1 aromatic heterocycles. The van der Waals surface area contributed by atoms with Crippen molar-refractivity contribution in [1.82, 2.24) is 9.55 Å². The van der Waals surface area contributed by atoms with Crippen molar-refractivity contribution in [2.24, 2.45) is 0 Å². The number of benzene rings is 3. The lowest BCUT2D eigenvalue weighted by atomic mass is 10.1. The zero-order chi connectivity index (χ0) is 26.6. The molecule has 0 spiro atoms. The minimum Gasteiger partial charge on any atom is -0.378 e. The highest BCUT2D eigenvalue weighted by atomic mass is 19.4. The van der Waals surface area contributed by atoms with Gasteiger partial charge in [0.15, 0.2) is 0 Å². The van der Waals surface area contributed by atoms with Crippen molar-refractivity contribution in [2.45, 2.75) is 25.7 Å². The number of rotatable bonds is 8. The topological polar surface area (TPSA) is 74.0 Å². The number of anilines is 3. The minimum absolute atomic E-state index is 0.0121. The SMILES string of the molecule is CN(C)c1ccc(C[n+]2c(Nc3cccc(C(F)(F)F)c3)[nH]c(=O)n(CCc3ccccc3)c2=O)cc1. The summed E-state index contributed by atoms with van der Waals surface area (Å²) in [5, 5.41) is 2.80. The van der Waals surface area contributed by atoms with E-state index in [0.29, 0.717) is 6.42 Å². The Balaban J connectivity index is 1.73. The third kappa shape index (κ3) is 6.27. The summed E-state index contributed by atoms with van der Waals surface area (Å²) in [5.41, 5.74) is 0.719. The van der Waals surface area contributed by atoms with Gasteiger partial charge in [-0.15, -0.1) is 0 Å². The van der Waals surface area contributed by atoms with Gasteiger partial charge in [-0.2, -0.15) is 22.3 Å². The Labute approximate surface area is 211 Å². The molecular weight excluding hydrogens is 483 g/mol. The fraction of sp³-hybridized carbons (Fsp3) is 0.222. The summed E-state index contributed by atoms with van der Waals surface area (Å²) in [4.78, 5) is 31.0. The van der Waals surface area contributed by atoms with E-state index >= 15 is 0 Å². The molecule has 0 saturated heterocycles. The van der Waals surface area contributed by atoms with E-state index < -0.39 is 23.1 Å². The largest absolute Gasteiger partial charge is 0.421 e. The second-order valence-electron chi connectivity index (χ2n) is 8.80. The molecule has 0 atom stereocenters. The molecule has 4 aromatic rings. The highest BCUT2D eigenvalue weighted by Gasteiger charge is 2.31. The predicted molar refractivity (Wildman–Crippen MR) is 136 cm³/mol. The van der Waals surface area contributed by atoms with Gasteiger partial charge >= 0.3 is 23.5 Å². The van der Waals surface area contributed by atoms with E-state index in [1.54, 1.807) is 0 Å². The molecule has 0 fully saturated rings. The van der Waals surface area contributed by atoms with Crippen LogP contribution in [0.4, 0.5) is 30.5 Å². The third-order valence-electron chi connectivity index (χ3n) is 5.92. The Morgan fingerprint density at radius 3 is 2.27 bits per heavy atom. The van der Waals surface area contributed by atoms with Gasteiger partial charge in [-0.3, -0.25) is 5.32 Å². The first-order valence-electron chi connectivity index (χ1n) is 11.6. The first kappa shape index (κ1) is 25.7. The lowest BCUT2D eigenvalue weighted by Crippen LogP contribution is -2.60. The maximum atomic E-state index is 13.5. The number of halogens is 3. The molecule has 1 heterocycles. The van der Waals surface area contributed by atoms with Crippen LogP contribution >= 0.6 is 0 Å². The standard InChI is InChI=1S/C27H26F3N5O2/c1-33(2)23-13-11-20(12-14-23)18-35-24(31-22-10-6-9-21(17-22)27(28,29)30)32-25(36)34(26(35)37)16-15-19-7-4-3-5-8-19/h3-14,17H,15-16,18H2,1-2H3,(H,31,32,36)/p+1. The third-order valence-corrected chi connectivity index (χ3v) is 5.92. The van der Waals surface area contributed by atoms with Crippen LogP contribution in [0.1, 0.15) is 16.7 Å². The summed E-state index contributed by atoms with van der Waals surface area (Å²) >= 11 is 0. The van der Waals surface area contributed by atoms with Crippen molar-refractivity contribution in [3.63, 3.8) is 0 Å². The number of aromatic nitrogens is 3. The summed E-state index contributed by atoms with van der Waals surface area (Å²) in [5.74, 6) is -0.0121. The highest BCUT2D eigenvalue weighted by Crippen LogP contribution is 2.31. The molecular formula is C27H27F3N5O2+. The molecule has 4 rings (SSSR count). The second kappa shape index (κ2) is 10.7. The van der Waals surface area contributed by atoms with Gasteiger partial charge in [0.25, 0.3) is 0 Å². The Hall–Kier alpha value is -4.34. The monoisotopic (exact) mass is 510 g/mol. The van der Waals surface area contributed by atoms with Gasteiger partial charge in [-0.05, 0) is 41.5 Å². The van der Waals surface area contributed by atoms with Crippen LogP contribution in [-0.4, -0.2) is 23.6 Å². The molecule has 0 unspecified atom stereocenters. The average Bonchev–Trinajstić information content (AvgIpc) is 2.87. The molecule has 3 aromatic carbocycles. The molecule has 37 heavy (non-hydrogen) atoms. The Bertz CT molecular complexity index is 1480. The van der Waals surface area contributed by atoms with Gasteiger partial charge < -0.3 is 4.90 Å². The number of hydrogen-bond acceptors (Lipinski definition) is 4. The number of aromatic amines is 1. The van der Waals surface area contributed by atoms with Crippen molar-refractivity contribution >= 4 is 17.3 Å². The van der Waals surface area contributed by atoms with Crippen LogP contribution in [0.2, 0.25) is 0 Å². The van der Waals surface area contributed by atoms with Crippen LogP contribution in [0.3, 0.4) is 0 Å². The second-order valence-corrected chi connectivity index (χ2v) is 8.80. The predicted octanol–water partition coefficient (Wildman–Crippen LogP) is 3.94. The average molecular weight is 511 g/mol. The van der Waals surface area contributed by atoms with Crippen molar-refractivity contribution in [3.05, 3.63) is 117 Å². The maximum Gasteiger partial charge on any atom is 0.421 e. The Morgan fingerprint density at radius 1 is 0.919 bits per heavy atom. The van der Waals surface area contributed by atoms with Crippen molar-refractivity contribution < 1.29 is 17.7 Å². The van der Waals surface area contributed by atoms with Crippen LogP contribution in [0.15, 0.2) is 88.5 Å². The molecule has 0 aliphatic carbocycles. The van der Waals surface area contributed by atoms with Crippen LogP contribution < -0.4 is 26.2 Å². The molecule has 0 bridgehead atoms. The fourth-order valence-corrected chi connectivity index (χ4v) is 3.88. The molecule has 0 saturated carbocycles. The number of nitrogens with zero attached hydrogens (tertiary/aromatic N) is 3. The summed E-state index contributed by atoms with van der Waals surface area (Å²) in [7, 11) is 3.82. The van der Waals surface area contributed by atoms with Gasteiger partial charge in [0.05, 0.1) is 24.3 Å². The summed E-state index contributed by atoms with van der Waals surface area (Å²) in [6, 6.07) is 21.5. The van der Waals surface area contributed by atoms with E-state index in [2.05, 4.69) is 10.3 Å². The highest BCUT2D eigenvalue weighted by molar-refractivity contribution is 5.53. The van der Waals surface area contributed by atoms with Crippen LogP contribution in [0, 0.1) is 0 Å². The van der Waals surface area contributed by atoms with E-state index in [4.69, 9.17) is 0 Å². The van der Waals surface area contributed by atoms with Gasteiger partial charge in [-0.25, -0.2) is 14.6 Å². The number of hydrogen-bond donors (Lipinski definition) is 2. The van der Waals surface area contributed by atoms with Gasteiger partial charge in [-0.1, -0.05) is 48.5 Å². The molecule has 10 heteroatoms. The van der Waals surface area contributed by atoms with Crippen LogP contribution in [-0.2, 0) is 25.7 Å². The molecule has 0 radical (unpaired) electrons. The number of H-pyrrole nitrogens is 1. The van der Waals surface area contributed by atoms with Gasteiger partial charge in [0.1, 0.15) is 0 Å². The van der Waals surface area contributed by atoms with E-state index in [0.717, 1.165) is 33.5 Å². The Kier molecular flexibility index (Phi) is 7.47. The molecule has 2 N–H and O–H groups in total. The quantitative estimate of drug-likeness (QED) is 0.352. The van der Waals surface area contributed by atoms with E-state index in [9.17, 15) is 22.8 Å². The summed E-state index contributed by atoms with van der Waals surface area (Å²) in [6.45, 7) is 0.234. The van der Waals surface area contributed by atoms with Gasteiger partial charge in [0.2, 0.25) is 0 Å². The minimum atomic E-state index is -4.53. The van der Waals surface area contributed by atoms with E-state index in [1.165, 1.54) is 16.7 Å². The fourth-order valence-electron chi connectivity index (χ4n) is 3.88. The molecule has 192 valence electrons. The van der Waals surface area contributed by atoms with E-state index in [-0.39, 0.29) is 24.7 Å². The van der Waals surface area contributed by atoms with Crippen LogP contribution in [0.5, 0.6) is 0 Å². The zero-order valence-corrected chi connectivity index (χ0v) is 20.4. The first-order valence-corrected chi connectivity index (χ1v) is 11.6. The summed E-state index contributed by atoms with van der Waals surface area (Å²) < 4.78 is 42.1. The normalized spacial score (nSPS) is 11.4. The number of alkyl halides is 3. The smallest absolute Gasteiger partial charge is 0.378 e. The van der Waals surface area contributed by atoms with Crippen molar-refractivity contribution in [2.75, 3.05) is 24.3 Å². The van der Waals surface area contributed by atoms with E-state index in [1.807, 2.05) is 73.6 Å². The summed E-state index contributed by atoms with van der Waals surface area (Å²) in [6.07, 6.45) is -4.07. The van der Waals surface area contributed by atoms with Crippen LogP contribution in [0.25, 0.3) is 0 Å². The number of nitrogens with one attached hydrogen (secondary N) is 2. The van der Waals surface area contributed by atoms with Gasteiger partial charge in [0, 0.05) is 26.2 Å². The molecule has 7 nitrogen and oxygen atoms in total.